The van der Waals surface area contributed by atoms with E-state index in [2.05, 4.69) is 10.6 Å². The van der Waals surface area contributed by atoms with E-state index in [-0.39, 0.29) is 29.9 Å². The molecule has 8 nitrogen and oxygen atoms in total. The Morgan fingerprint density at radius 1 is 1.09 bits per heavy atom. The van der Waals surface area contributed by atoms with Crippen LogP contribution >= 0.6 is 11.6 Å². The van der Waals surface area contributed by atoms with Crippen LogP contribution in [-0.4, -0.2) is 45.2 Å². The van der Waals surface area contributed by atoms with E-state index in [1.54, 1.807) is 30.3 Å². The predicted molar refractivity (Wildman–Crippen MR) is 127 cm³/mol. The first kappa shape index (κ1) is 23.4. The summed E-state index contributed by atoms with van der Waals surface area (Å²) in [7, 11) is -3.68. The van der Waals surface area contributed by atoms with Crippen molar-refractivity contribution in [2.45, 2.75) is 44.2 Å². The Hall–Kier alpha value is -2.78. The second kappa shape index (κ2) is 9.61. The molecule has 10 heteroatoms. The Balaban J connectivity index is 1.53. The number of hydrogen-bond acceptors (Lipinski definition) is 5. The van der Waals surface area contributed by atoms with Crippen LogP contribution in [0.5, 0.6) is 5.75 Å². The number of rotatable bonds is 5. The predicted octanol–water partition coefficient (Wildman–Crippen LogP) is 3.57. The molecule has 1 heterocycles. The second-order valence-electron chi connectivity index (χ2n) is 8.36. The maximum atomic E-state index is 13.1. The van der Waals surface area contributed by atoms with E-state index >= 15 is 0 Å². The molecule has 0 spiro atoms. The molecule has 1 aliphatic carbocycles. The van der Waals surface area contributed by atoms with E-state index < -0.39 is 22.0 Å². The van der Waals surface area contributed by atoms with E-state index in [4.69, 9.17) is 16.3 Å². The van der Waals surface area contributed by atoms with Gasteiger partial charge in [-0.1, -0.05) is 43.0 Å². The molecule has 1 aliphatic heterocycles. The van der Waals surface area contributed by atoms with Crippen molar-refractivity contribution in [2.75, 3.05) is 22.4 Å². The number of sulfonamides is 1. The molecule has 0 saturated heterocycles. The maximum absolute atomic E-state index is 13.1. The lowest BCUT2D eigenvalue weighted by molar-refractivity contribution is -0.122. The first-order valence-corrected chi connectivity index (χ1v) is 13.1. The summed E-state index contributed by atoms with van der Waals surface area (Å²) >= 11 is 6.02. The quantitative estimate of drug-likeness (QED) is 0.665. The molecule has 2 aliphatic rings. The first-order chi connectivity index (χ1) is 15.7. The van der Waals surface area contributed by atoms with Crippen LogP contribution in [0.2, 0.25) is 5.02 Å². The van der Waals surface area contributed by atoms with Crippen LogP contribution in [0.1, 0.15) is 42.5 Å². The minimum atomic E-state index is -3.68. The number of carbonyl (C=O) groups is 2. The fourth-order valence-electron chi connectivity index (χ4n) is 4.19. The smallest absolute Gasteiger partial charge is 0.267 e. The van der Waals surface area contributed by atoms with Gasteiger partial charge in [-0.2, -0.15) is 0 Å². The number of ether oxygens (including phenoxy) is 1. The molecule has 1 unspecified atom stereocenters. The second-order valence-corrected chi connectivity index (χ2v) is 10.7. The van der Waals surface area contributed by atoms with Gasteiger partial charge >= 0.3 is 0 Å². The van der Waals surface area contributed by atoms with Crippen molar-refractivity contribution in [3.05, 3.63) is 53.1 Å². The third kappa shape index (κ3) is 5.42. The Bertz CT molecular complexity index is 1160. The van der Waals surface area contributed by atoms with E-state index in [9.17, 15) is 18.0 Å². The number of amides is 2. The number of benzene rings is 2. The van der Waals surface area contributed by atoms with Crippen LogP contribution in [0.25, 0.3) is 0 Å². The number of carbonyl (C=O) groups excluding carboxylic acids is 2. The monoisotopic (exact) mass is 491 g/mol. The molecule has 2 amide bonds. The number of anilines is 2. The number of hydrogen-bond donors (Lipinski definition) is 2. The maximum Gasteiger partial charge on any atom is 0.267 e. The lowest BCUT2D eigenvalue weighted by atomic mass is 9.95. The van der Waals surface area contributed by atoms with Crippen molar-refractivity contribution in [1.82, 2.24) is 5.32 Å². The molecule has 2 N–H and O–H groups in total. The third-order valence-electron chi connectivity index (χ3n) is 5.85. The van der Waals surface area contributed by atoms with Crippen LogP contribution in [0.3, 0.4) is 0 Å². The molecule has 1 fully saturated rings. The molecule has 1 saturated carbocycles. The Labute approximate surface area is 198 Å². The van der Waals surface area contributed by atoms with Crippen molar-refractivity contribution < 1.29 is 22.7 Å². The summed E-state index contributed by atoms with van der Waals surface area (Å²) < 4.78 is 31.6. The van der Waals surface area contributed by atoms with Crippen LogP contribution in [0.15, 0.2) is 42.5 Å². The third-order valence-corrected chi connectivity index (χ3v) is 7.23. The summed E-state index contributed by atoms with van der Waals surface area (Å²) in [5, 5.41) is 6.15. The van der Waals surface area contributed by atoms with Gasteiger partial charge < -0.3 is 15.4 Å². The zero-order valence-corrected chi connectivity index (χ0v) is 19.8. The molecule has 2 aromatic carbocycles. The van der Waals surface area contributed by atoms with Gasteiger partial charge in [0.05, 0.1) is 29.7 Å². The highest BCUT2D eigenvalue weighted by molar-refractivity contribution is 7.92. The van der Waals surface area contributed by atoms with E-state index in [1.165, 1.54) is 18.6 Å². The summed E-state index contributed by atoms with van der Waals surface area (Å²) in [6, 6.07) is 11.4. The minimum Gasteiger partial charge on any atom is -0.476 e. The van der Waals surface area contributed by atoms with Crippen LogP contribution in [0, 0.1) is 0 Å². The number of halogens is 1. The Kier molecular flexibility index (Phi) is 6.81. The average Bonchev–Trinajstić information content (AvgIpc) is 2.78. The largest absolute Gasteiger partial charge is 0.476 e. The van der Waals surface area contributed by atoms with Crippen molar-refractivity contribution in [2.24, 2.45) is 0 Å². The molecule has 0 radical (unpaired) electrons. The highest BCUT2D eigenvalue weighted by Gasteiger charge is 2.35. The number of fused-ring (bicyclic) bond motifs is 1. The van der Waals surface area contributed by atoms with Gasteiger partial charge in [0.25, 0.3) is 11.8 Å². The molecule has 176 valence electrons. The fraction of sp³-hybridized carbons (Fsp3) is 0.391. The van der Waals surface area contributed by atoms with Crippen LogP contribution in [-0.2, 0) is 14.8 Å². The zero-order chi connectivity index (χ0) is 23.6. The van der Waals surface area contributed by atoms with Gasteiger partial charge in [0.2, 0.25) is 10.0 Å². The summed E-state index contributed by atoms with van der Waals surface area (Å²) in [5.41, 5.74) is 0.966. The molecular formula is C23H26ClN3O5S. The van der Waals surface area contributed by atoms with Gasteiger partial charge in [0, 0.05) is 11.1 Å². The summed E-state index contributed by atoms with van der Waals surface area (Å²) in [5.74, 6) is -0.568. The number of nitrogens with one attached hydrogen (secondary N) is 2. The van der Waals surface area contributed by atoms with Crippen LogP contribution < -0.4 is 19.7 Å². The number of para-hydroxylation sites is 1. The minimum absolute atomic E-state index is 0.128. The SMILES string of the molecule is CS(=O)(=O)N1CC(C(=O)Nc2ccccc2C(=O)NC2CCCCC2)Oc2ccc(Cl)cc21. The highest BCUT2D eigenvalue weighted by Crippen LogP contribution is 2.37. The molecule has 0 aromatic heterocycles. The summed E-state index contributed by atoms with van der Waals surface area (Å²) in [4.78, 5) is 25.9. The number of nitrogens with zero attached hydrogens (tertiary/aromatic N) is 1. The highest BCUT2D eigenvalue weighted by atomic mass is 35.5. The van der Waals surface area contributed by atoms with Gasteiger partial charge in [-0.3, -0.25) is 13.9 Å². The zero-order valence-electron chi connectivity index (χ0n) is 18.2. The van der Waals surface area contributed by atoms with E-state index in [0.29, 0.717) is 16.3 Å². The van der Waals surface area contributed by atoms with Crippen molar-refractivity contribution in [1.29, 1.82) is 0 Å². The average molecular weight is 492 g/mol. The molecule has 0 bridgehead atoms. The van der Waals surface area contributed by atoms with Gasteiger partial charge in [-0.25, -0.2) is 8.42 Å². The first-order valence-electron chi connectivity index (χ1n) is 10.9. The van der Waals surface area contributed by atoms with Crippen molar-refractivity contribution >= 4 is 44.8 Å². The lowest BCUT2D eigenvalue weighted by Crippen LogP contribution is -2.48. The summed E-state index contributed by atoms with van der Waals surface area (Å²) in [6.45, 7) is -0.214. The molecule has 1 atom stereocenters. The van der Waals surface area contributed by atoms with Gasteiger partial charge in [0.15, 0.2) is 6.10 Å². The van der Waals surface area contributed by atoms with Crippen molar-refractivity contribution in [3.8, 4) is 5.75 Å². The van der Waals surface area contributed by atoms with Gasteiger partial charge in [-0.15, -0.1) is 0 Å². The topological polar surface area (TPSA) is 105 Å². The Morgan fingerprint density at radius 2 is 1.82 bits per heavy atom. The Morgan fingerprint density at radius 3 is 2.55 bits per heavy atom. The molecule has 33 heavy (non-hydrogen) atoms. The fourth-order valence-corrected chi connectivity index (χ4v) is 5.26. The van der Waals surface area contributed by atoms with Gasteiger partial charge in [-0.05, 0) is 43.2 Å². The van der Waals surface area contributed by atoms with Gasteiger partial charge in [0.1, 0.15) is 5.75 Å². The van der Waals surface area contributed by atoms with E-state index in [1.807, 2.05) is 0 Å². The normalized spacial score (nSPS) is 18.7. The molecule has 2 aromatic rings. The molecular weight excluding hydrogens is 466 g/mol. The van der Waals surface area contributed by atoms with Crippen molar-refractivity contribution in [3.63, 3.8) is 0 Å². The molecule has 4 rings (SSSR count). The standard InChI is InChI=1S/C23H26ClN3O5S/c1-33(30,31)27-14-21(32-20-12-11-15(24)13-19(20)27)23(29)26-18-10-6-5-9-17(18)22(28)25-16-7-3-2-4-8-16/h5-6,9-13,16,21H,2-4,7-8,14H2,1H3,(H,25,28)(H,26,29). The lowest BCUT2D eigenvalue weighted by Gasteiger charge is -2.34. The van der Waals surface area contributed by atoms with E-state index in [0.717, 1.165) is 36.2 Å². The summed E-state index contributed by atoms with van der Waals surface area (Å²) in [6.07, 6.45) is 5.20. The van der Waals surface area contributed by atoms with Crippen LogP contribution in [0.4, 0.5) is 11.4 Å².